The highest BCUT2D eigenvalue weighted by Crippen LogP contribution is 2.21. The maximum Gasteiger partial charge on any atom is 0.244 e. The number of nitroso groups, excluding NO2 is 1. The summed E-state index contributed by atoms with van der Waals surface area (Å²) in [6, 6.07) is 6.73. The molecule has 0 radical (unpaired) electrons. The largest absolute Gasteiger partial charge is 0.340 e. The second-order valence-corrected chi connectivity index (χ2v) is 10.3. The van der Waals surface area contributed by atoms with E-state index in [9.17, 15) is 19.3 Å². The molecule has 1 atom stereocenters. The minimum Gasteiger partial charge on any atom is -0.340 e. The molecule has 200 valence electrons. The standard InChI is InChI=1S/C28H39N5O4/c1-5-6-7-15-32(21-34)20-26(35)30-24-10-8-22(9-11-24)13-16-33(27(36)17-28(2,3)4)19-25(31-37)23-12-14-29-18-23/h7-12,15,18,21,25H,5-6,13-14,16-17,19-20H2,1-4H3,(H,30,35)/b15-7-. The van der Waals surface area contributed by atoms with Crippen molar-refractivity contribution in [3.05, 3.63) is 58.7 Å². The molecular weight excluding hydrogens is 470 g/mol. The fourth-order valence-electron chi connectivity index (χ4n) is 3.77. The van der Waals surface area contributed by atoms with Crippen LogP contribution in [0.25, 0.3) is 0 Å². The minimum atomic E-state index is -0.643. The highest BCUT2D eigenvalue weighted by atomic mass is 16.3. The molecule has 0 saturated carbocycles. The molecule has 0 aromatic heterocycles. The summed E-state index contributed by atoms with van der Waals surface area (Å²) in [4.78, 5) is 55.2. The number of unbranched alkanes of at least 4 members (excludes halogenated alkanes) is 1. The lowest BCUT2D eigenvalue weighted by atomic mass is 9.91. The van der Waals surface area contributed by atoms with Crippen molar-refractivity contribution in [1.82, 2.24) is 9.80 Å². The maximum absolute atomic E-state index is 13.1. The number of aliphatic imine (C=N–C) groups is 1. The van der Waals surface area contributed by atoms with Crippen LogP contribution in [0.4, 0.5) is 5.69 Å². The van der Waals surface area contributed by atoms with Gasteiger partial charge in [0.05, 0.1) is 13.1 Å². The molecule has 3 amide bonds. The summed E-state index contributed by atoms with van der Waals surface area (Å²) in [7, 11) is 0. The number of rotatable bonds is 15. The van der Waals surface area contributed by atoms with Gasteiger partial charge in [0.1, 0.15) is 12.6 Å². The Morgan fingerprint density at radius 2 is 1.95 bits per heavy atom. The van der Waals surface area contributed by atoms with Crippen molar-refractivity contribution in [3.8, 4) is 0 Å². The summed E-state index contributed by atoms with van der Waals surface area (Å²) in [5.74, 6) is -0.314. The van der Waals surface area contributed by atoms with Crippen molar-refractivity contribution in [1.29, 1.82) is 0 Å². The highest BCUT2D eigenvalue weighted by molar-refractivity contribution is 5.93. The topological polar surface area (TPSA) is 112 Å². The van der Waals surface area contributed by atoms with Gasteiger partial charge in [0.15, 0.2) is 0 Å². The van der Waals surface area contributed by atoms with E-state index in [1.165, 1.54) is 4.90 Å². The second kappa shape index (κ2) is 14.8. The molecule has 2 rings (SSSR count). The Balaban J connectivity index is 1.99. The van der Waals surface area contributed by atoms with Crippen molar-refractivity contribution in [2.75, 3.05) is 31.5 Å². The molecule has 0 spiro atoms. The molecule has 1 aromatic carbocycles. The van der Waals surface area contributed by atoms with Gasteiger partial charge < -0.3 is 15.1 Å². The summed E-state index contributed by atoms with van der Waals surface area (Å²) < 4.78 is 0. The first kappa shape index (κ1) is 29.6. The zero-order valence-electron chi connectivity index (χ0n) is 22.4. The SMILES string of the molecule is CCC/C=C\N(C=O)CC(=O)Nc1ccc(CCN(CC(N=O)C2=CCN=C2)C(=O)CC(C)(C)C)cc1. The Labute approximate surface area is 219 Å². The van der Waals surface area contributed by atoms with Crippen LogP contribution in [0.5, 0.6) is 0 Å². The summed E-state index contributed by atoms with van der Waals surface area (Å²) in [5.41, 5.74) is 2.17. The molecule has 1 heterocycles. The second-order valence-electron chi connectivity index (χ2n) is 10.3. The summed E-state index contributed by atoms with van der Waals surface area (Å²) in [6.07, 6.45) is 10.4. The van der Waals surface area contributed by atoms with E-state index in [4.69, 9.17) is 0 Å². The molecule has 9 nitrogen and oxygen atoms in total. The average Bonchev–Trinajstić information content (AvgIpc) is 3.38. The van der Waals surface area contributed by atoms with Gasteiger partial charge in [0.2, 0.25) is 18.2 Å². The van der Waals surface area contributed by atoms with Crippen LogP contribution in [-0.2, 0) is 20.8 Å². The predicted molar refractivity (Wildman–Crippen MR) is 147 cm³/mol. The van der Waals surface area contributed by atoms with Crippen LogP contribution in [0.15, 0.2) is 58.4 Å². The lowest BCUT2D eigenvalue weighted by Crippen LogP contribution is -2.40. The Bertz CT molecular complexity index is 1010. The van der Waals surface area contributed by atoms with E-state index in [2.05, 4.69) is 15.5 Å². The van der Waals surface area contributed by atoms with Gasteiger partial charge in [-0.25, -0.2) is 0 Å². The molecular formula is C28H39N5O4. The first-order valence-corrected chi connectivity index (χ1v) is 12.7. The fourth-order valence-corrected chi connectivity index (χ4v) is 3.77. The van der Waals surface area contributed by atoms with Crippen molar-refractivity contribution in [2.24, 2.45) is 15.6 Å². The van der Waals surface area contributed by atoms with Gasteiger partial charge in [-0.2, -0.15) is 4.91 Å². The Kier molecular flexibility index (Phi) is 11.9. The van der Waals surface area contributed by atoms with Gasteiger partial charge in [-0.3, -0.25) is 19.4 Å². The Hall–Kier alpha value is -3.62. The molecule has 0 bridgehead atoms. The average molecular weight is 510 g/mol. The monoisotopic (exact) mass is 509 g/mol. The zero-order chi connectivity index (χ0) is 27.3. The van der Waals surface area contributed by atoms with Crippen LogP contribution in [-0.4, -0.2) is 66.5 Å². The van der Waals surface area contributed by atoms with Gasteiger partial charge in [0, 0.05) is 31.1 Å². The lowest BCUT2D eigenvalue weighted by Gasteiger charge is -2.28. The normalized spacial score (nSPS) is 13.8. The molecule has 37 heavy (non-hydrogen) atoms. The molecule has 0 aliphatic carbocycles. The van der Waals surface area contributed by atoms with Crippen molar-refractivity contribution < 1.29 is 14.4 Å². The fraction of sp³-hybridized carbons (Fsp3) is 0.500. The molecule has 0 saturated heterocycles. The van der Waals surface area contributed by atoms with E-state index in [0.717, 1.165) is 24.0 Å². The molecule has 1 unspecified atom stereocenters. The predicted octanol–water partition coefficient (Wildman–Crippen LogP) is 4.35. The third-order valence-electron chi connectivity index (χ3n) is 5.73. The first-order chi connectivity index (χ1) is 17.6. The number of hydrogen-bond donors (Lipinski definition) is 1. The third-order valence-corrected chi connectivity index (χ3v) is 5.73. The molecule has 0 fully saturated rings. The molecule has 1 aromatic rings. The lowest BCUT2D eigenvalue weighted by molar-refractivity contribution is -0.133. The summed E-state index contributed by atoms with van der Waals surface area (Å²) in [6.45, 7) is 9.18. The number of benzene rings is 1. The van der Waals surface area contributed by atoms with E-state index in [1.54, 1.807) is 29.4 Å². The molecule has 9 heteroatoms. The number of anilines is 1. The van der Waals surface area contributed by atoms with E-state index < -0.39 is 6.04 Å². The van der Waals surface area contributed by atoms with Crippen molar-refractivity contribution in [2.45, 2.75) is 59.4 Å². The van der Waals surface area contributed by atoms with Crippen molar-refractivity contribution >= 4 is 30.1 Å². The zero-order valence-corrected chi connectivity index (χ0v) is 22.4. The maximum atomic E-state index is 13.1. The van der Waals surface area contributed by atoms with Gasteiger partial charge in [-0.15, -0.1) is 0 Å². The van der Waals surface area contributed by atoms with Gasteiger partial charge in [-0.1, -0.05) is 63.6 Å². The number of allylic oxidation sites excluding steroid dienone is 1. The van der Waals surface area contributed by atoms with E-state index in [0.29, 0.717) is 38.0 Å². The van der Waals surface area contributed by atoms with Crippen LogP contribution < -0.4 is 5.32 Å². The van der Waals surface area contributed by atoms with E-state index in [1.807, 2.05) is 52.0 Å². The van der Waals surface area contributed by atoms with Crippen LogP contribution in [0, 0.1) is 10.3 Å². The smallest absolute Gasteiger partial charge is 0.244 e. The molecule has 1 aliphatic rings. The minimum absolute atomic E-state index is 0.0201. The number of carbonyl (C=O) groups excluding carboxylic acids is 3. The number of nitrogens with one attached hydrogen (secondary N) is 1. The number of nitrogens with zero attached hydrogens (tertiary/aromatic N) is 4. The van der Waals surface area contributed by atoms with Crippen LogP contribution in [0.3, 0.4) is 0 Å². The van der Waals surface area contributed by atoms with Crippen LogP contribution >= 0.6 is 0 Å². The van der Waals surface area contributed by atoms with E-state index >= 15 is 0 Å². The number of carbonyl (C=O) groups is 3. The van der Waals surface area contributed by atoms with E-state index in [-0.39, 0.29) is 30.3 Å². The van der Waals surface area contributed by atoms with Crippen molar-refractivity contribution in [3.63, 3.8) is 0 Å². The van der Waals surface area contributed by atoms with Gasteiger partial charge in [0.25, 0.3) is 0 Å². The summed E-state index contributed by atoms with van der Waals surface area (Å²) in [5, 5.41) is 6.05. The Morgan fingerprint density at radius 1 is 1.22 bits per heavy atom. The third kappa shape index (κ3) is 10.9. The van der Waals surface area contributed by atoms with Crippen LogP contribution in [0.2, 0.25) is 0 Å². The summed E-state index contributed by atoms with van der Waals surface area (Å²) >= 11 is 0. The first-order valence-electron chi connectivity index (χ1n) is 12.7. The quantitative estimate of drug-likeness (QED) is 0.280. The molecule has 1 N–H and O–H groups in total. The Morgan fingerprint density at radius 3 is 2.51 bits per heavy atom. The highest BCUT2D eigenvalue weighted by Gasteiger charge is 2.26. The van der Waals surface area contributed by atoms with Crippen LogP contribution in [0.1, 0.15) is 52.5 Å². The molecule has 1 aliphatic heterocycles. The van der Waals surface area contributed by atoms with Gasteiger partial charge >= 0.3 is 0 Å². The number of hydrogen-bond acceptors (Lipinski definition) is 6. The van der Waals surface area contributed by atoms with Gasteiger partial charge in [-0.05, 0) is 41.5 Å². The number of amides is 3.